The van der Waals surface area contributed by atoms with Crippen LogP contribution in [0.4, 0.5) is 5.69 Å². The number of nitrogens with one attached hydrogen (secondary N) is 2. The van der Waals surface area contributed by atoms with E-state index in [0.717, 1.165) is 57.3 Å². The average molecular weight is 1040 g/mol. The number of carbonyl (C=O) groups excluding carboxylic acids is 2. The number of halogens is 4. The quantitative estimate of drug-likeness (QED) is 0.0823. The third-order valence-corrected chi connectivity index (χ3v) is 17.7. The van der Waals surface area contributed by atoms with Gasteiger partial charge in [-0.05, 0) is 103 Å². The van der Waals surface area contributed by atoms with Crippen LogP contribution in [0.25, 0.3) is 0 Å². The van der Waals surface area contributed by atoms with Gasteiger partial charge in [-0.1, -0.05) is 96.4 Å². The Kier molecular flexibility index (Phi) is 15.8. The lowest BCUT2D eigenvalue weighted by atomic mass is 9.78. The van der Waals surface area contributed by atoms with Crippen molar-refractivity contribution in [2.45, 2.75) is 85.7 Å². The average Bonchev–Trinajstić information content (AvgIpc) is 3.88. The summed E-state index contributed by atoms with van der Waals surface area (Å²) in [5.74, 6) is -3.85. The van der Waals surface area contributed by atoms with Crippen molar-refractivity contribution in [3.63, 3.8) is 0 Å². The first-order valence-electron chi connectivity index (χ1n) is 21.5. The molecule has 3 aromatic carbocycles. The number of pyridine rings is 1. The zero-order chi connectivity index (χ0) is 48.4. The Morgan fingerprint density at radius 3 is 1.66 bits per heavy atom. The van der Waals surface area contributed by atoms with E-state index in [1.54, 1.807) is 30.3 Å². The summed E-state index contributed by atoms with van der Waals surface area (Å²) in [6.07, 6.45) is 8.80. The van der Waals surface area contributed by atoms with Gasteiger partial charge in [-0.15, -0.1) is 0 Å². The van der Waals surface area contributed by atoms with Crippen molar-refractivity contribution < 1.29 is 51.0 Å². The number of aliphatic carboxylic acids is 2. The Morgan fingerprint density at radius 2 is 1.18 bits per heavy atom. The van der Waals surface area contributed by atoms with Crippen LogP contribution in [0, 0.1) is 28.9 Å². The molecule has 3 heterocycles. The Morgan fingerprint density at radius 1 is 0.701 bits per heavy atom. The molecular formula is C45H47Cl4N5O11S2. The molecule has 4 aliphatic rings. The van der Waals surface area contributed by atoms with E-state index >= 15 is 0 Å². The predicted octanol–water partition coefficient (Wildman–Crippen LogP) is 7.13. The summed E-state index contributed by atoms with van der Waals surface area (Å²) in [6.45, 7) is 0.454. The Balaban J connectivity index is 0.000000252. The number of aromatic nitrogens is 1. The number of rotatable bonds is 12. The van der Waals surface area contributed by atoms with Gasteiger partial charge >= 0.3 is 11.9 Å². The molecule has 4 aromatic rings. The Labute approximate surface area is 407 Å². The Hall–Kier alpha value is -4.53. The lowest BCUT2D eigenvalue weighted by molar-refractivity contribution is -0.605. The number of amides is 2. The molecule has 358 valence electrons. The van der Waals surface area contributed by atoms with E-state index in [0.29, 0.717) is 27.4 Å². The molecule has 2 aliphatic heterocycles. The van der Waals surface area contributed by atoms with Gasteiger partial charge in [-0.2, -0.15) is 13.3 Å². The number of nitrogens with zero attached hydrogens (tertiary/aromatic N) is 3. The highest BCUT2D eigenvalue weighted by Crippen LogP contribution is 2.44. The number of benzene rings is 3. The van der Waals surface area contributed by atoms with Crippen molar-refractivity contribution in [1.82, 2.24) is 13.9 Å². The summed E-state index contributed by atoms with van der Waals surface area (Å²) in [7, 11) is -7.94. The zero-order valence-electron chi connectivity index (χ0n) is 35.6. The van der Waals surface area contributed by atoms with Crippen LogP contribution in [0.3, 0.4) is 0 Å². The molecule has 0 spiro atoms. The lowest BCUT2D eigenvalue weighted by Crippen LogP contribution is -2.53. The first-order chi connectivity index (χ1) is 31.8. The van der Waals surface area contributed by atoms with E-state index in [4.69, 9.17) is 46.4 Å². The third-order valence-electron chi connectivity index (χ3n) is 13.0. The zero-order valence-corrected chi connectivity index (χ0v) is 40.3. The van der Waals surface area contributed by atoms with E-state index in [1.807, 2.05) is 0 Å². The van der Waals surface area contributed by atoms with E-state index < -0.39 is 61.9 Å². The fourth-order valence-corrected chi connectivity index (χ4v) is 14.5. The summed E-state index contributed by atoms with van der Waals surface area (Å²) in [5, 5.41) is 36.5. The van der Waals surface area contributed by atoms with Crippen molar-refractivity contribution >= 4 is 95.9 Å². The molecule has 2 amide bonds. The highest BCUT2D eigenvalue weighted by molar-refractivity contribution is 7.89. The normalized spacial score (nSPS) is 23.5. The maximum atomic E-state index is 13.8. The second-order valence-corrected chi connectivity index (χ2v) is 22.6. The number of hydrogen-bond acceptors (Lipinski definition) is 9. The van der Waals surface area contributed by atoms with Crippen LogP contribution >= 0.6 is 46.4 Å². The molecule has 2 aliphatic carbocycles. The van der Waals surface area contributed by atoms with Gasteiger partial charge in [-0.25, -0.2) is 21.6 Å². The van der Waals surface area contributed by atoms with Crippen LogP contribution in [0.5, 0.6) is 0 Å². The number of carboxylic acids is 2. The first-order valence-corrected chi connectivity index (χ1v) is 25.9. The van der Waals surface area contributed by atoms with Crippen molar-refractivity contribution in [3.05, 3.63) is 122 Å². The van der Waals surface area contributed by atoms with Crippen molar-refractivity contribution in [3.8, 4) is 0 Å². The van der Waals surface area contributed by atoms with E-state index in [-0.39, 0.29) is 73.6 Å². The van der Waals surface area contributed by atoms with E-state index in [2.05, 4.69) is 10.6 Å². The minimum atomic E-state index is -4.10. The van der Waals surface area contributed by atoms with Crippen LogP contribution in [0.1, 0.15) is 67.3 Å². The van der Waals surface area contributed by atoms with Crippen molar-refractivity contribution in [2.24, 2.45) is 23.7 Å². The molecule has 1 aromatic heterocycles. The molecule has 16 nitrogen and oxygen atoms in total. The molecular weight excluding hydrogens is 992 g/mol. The SMILES string of the molecule is O=C(Nc1ccc(C[C@H](NC(=O)C2C3CCCCC3CN2S(=O)(=O)c2cccc(Cl)c2)C(=O)O)cc1)c1c(Cl)c[n+]([O-])cc1Cl.O=C(O)C1C2CCCCC2CN1S(=O)(=O)c1cccc(Cl)c1. The summed E-state index contributed by atoms with van der Waals surface area (Å²) in [4.78, 5) is 50.4. The van der Waals surface area contributed by atoms with Crippen LogP contribution in [0.2, 0.25) is 20.1 Å². The van der Waals surface area contributed by atoms with Crippen molar-refractivity contribution in [1.29, 1.82) is 0 Å². The molecule has 8 rings (SSSR count). The molecule has 22 heteroatoms. The van der Waals surface area contributed by atoms with Gasteiger partial charge in [0.1, 0.15) is 28.2 Å². The monoisotopic (exact) mass is 1040 g/mol. The van der Waals surface area contributed by atoms with Crippen LogP contribution in [0.15, 0.2) is 95.0 Å². The van der Waals surface area contributed by atoms with E-state index in [9.17, 15) is 51.4 Å². The van der Waals surface area contributed by atoms with E-state index in [1.165, 1.54) is 51.1 Å². The molecule has 0 radical (unpaired) electrons. The highest BCUT2D eigenvalue weighted by Gasteiger charge is 2.53. The lowest BCUT2D eigenvalue weighted by Gasteiger charge is -2.30. The molecule has 4 N–H and O–H groups in total. The summed E-state index contributed by atoms with van der Waals surface area (Å²) in [5.41, 5.74) is 0.803. The number of anilines is 1. The molecule has 7 atom stereocenters. The topological polar surface area (TPSA) is 234 Å². The van der Waals surface area contributed by atoms with Gasteiger partial charge in [0.05, 0.1) is 15.4 Å². The summed E-state index contributed by atoms with van der Waals surface area (Å²) in [6, 6.07) is 14.7. The van der Waals surface area contributed by atoms with Gasteiger partial charge in [0.2, 0.25) is 26.0 Å². The largest absolute Gasteiger partial charge is 0.619 e. The minimum Gasteiger partial charge on any atom is -0.619 e. The highest BCUT2D eigenvalue weighted by atomic mass is 35.5. The molecule has 2 saturated carbocycles. The molecule has 4 fully saturated rings. The molecule has 6 unspecified atom stereocenters. The molecule has 0 bridgehead atoms. The number of hydrogen-bond donors (Lipinski definition) is 4. The number of carbonyl (C=O) groups is 4. The third kappa shape index (κ3) is 11.2. The fourth-order valence-electron chi connectivity index (χ4n) is 9.86. The molecule has 67 heavy (non-hydrogen) atoms. The number of fused-ring (bicyclic) bond motifs is 2. The Bertz CT molecular complexity index is 2750. The van der Waals surface area contributed by atoms with Gasteiger partial charge in [0, 0.05) is 35.2 Å². The molecule has 2 saturated heterocycles. The summed E-state index contributed by atoms with van der Waals surface area (Å²) >= 11 is 24.0. The van der Waals surface area contributed by atoms with Crippen LogP contribution in [-0.2, 0) is 40.9 Å². The summed E-state index contributed by atoms with van der Waals surface area (Å²) < 4.78 is 55.9. The number of carboxylic acid groups (broad SMARTS) is 2. The van der Waals surface area contributed by atoms with Gasteiger partial charge < -0.3 is 26.1 Å². The maximum absolute atomic E-state index is 13.8. The first kappa shape index (κ1) is 50.3. The van der Waals surface area contributed by atoms with Crippen LogP contribution in [-0.4, -0.2) is 90.6 Å². The predicted molar refractivity (Wildman–Crippen MR) is 250 cm³/mol. The van der Waals surface area contributed by atoms with Crippen LogP contribution < -0.4 is 15.4 Å². The van der Waals surface area contributed by atoms with Gasteiger partial charge in [0.25, 0.3) is 5.91 Å². The standard InChI is InChI=1S/C30H29Cl3N4O7S.C15H18ClNO4S/c31-19-5-3-6-21(13-19)45(43,44)37-14-18-4-1-2-7-22(18)27(37)29(39)35-25(30(40)41)12-17-8-10-20(11-9-17)34-28(38)26-23(32)15-36(42)16-24(26)33;16-11-5-3-6-12(8-11)22(20,21)17-9-10-4-1-2-7-13(10)14(17)15(18)19/h3,5-6,8-11,13,15-16,18,22,25,27H,1-2,4,7,12,14H2,(H,34,38)(H,35,39)(H,40,41);3,5-6,8,10,13-14H,1-2,4,7,9H2,(H,18,19)/t18?,22?,25-,27?;/m0./s1. The number of sulfonamides is 2. The van der Waals surface area contributed by atoms with Gasteiger partial charge in [-0.3, -0.25) is 14.4 Å². The minimum absolute atomic E-state index is 0.0174. The fraction of sp³-hybridized carbons (Fsp3) is 0.400. The second-order valence-electron chi connectivity index (χ2n) is 17.2. The van der Waals surface area contributed by atoms with Crippen molar-refractivity contribution in [2.75, 3.05) is 18.4 Å². The second kappa shape index (κ2) is 21.0. The smallest absolute Gasteiger partial charge is 0.326 e. The maximum Gasteiger partial charge on any atom is 0.326 e. The van der Waals surface area contributed by atoms with Gasteiger partial charge in [0.15, 0.2) is 12.4 Å².